The first-order valence-electron chi connectivity index (χ1n) is 5.52. The van der Waals surface area contributed by atoms with Crippen LogP contribution in [-0.2, 0) is 0 Å². The minimum absolute atomic E-state index is 0.0281. The summed E-state index contributed by atoms with van der Waals surface area (Å²) in [4.78, 5) is 15.8. The fourth-order valence-electron chi connectivity index (χ4n) is 1.62. The van der Waals surface area contributed by atoms with Gasteiger partial charge < -0.3 is 9.80 Å². The lowest BCUT2D eigenvalue weighted by Crippen LogP contribution is -2.50. The van der Waals surface area contributed by atoms with Gasteiger partial charge in [0.05, 0.1) is 0 Å². The highest BCUT2D eigenvalue weighted by Crippen LogP contribution is 2.20. The second-order valence-electron chi connectivity index (χ2n) is 4.70. The van der Waals surface area contributed by atoms with E-state index in [1.54, 1.807) is 0 Å². The molecule has 0 aliphatic carbocycles. The lowest BCUT2D eigenvalue weighted by atomic mass is 10.0. The largest absolute Gasteiger partial charge is 0.325 e. The van der Waals surface area contributed by atoms with Crippen LogP contribution in [0.15, 0.2) is 0 Å². The molecule has 1 rings (SSSR count). The van der Waals surface area contributed by atoms with Crippen molar-refractivity contribution in [3.8, 4) is 0 Å². The highest BCUT2D eigenvalue weighted by atomic mass is 16.2. The van der Waals surface area contributed by atoms with Crippen molar-refractivity contribution < 1.29 is 4.79 Å². The van der Waals surface area contributed by atoms with Gasteiger partial charge in [-0.3, -0.25) is 0 Å². The van der Waals surface area contributed by atoms with Crippen LogP contribution in [0.4, 0.5) is 4.79 Å². The summed E-state index contributed by atoms with van der Waals surface area (Å²) in [5.74, 6) is 0. The van der Waals surface area contributed by atoms with Crippen molar-refractivity contribution in [2.75, 3.05) is 20.1 Å². The summed E-state index contributed by atoms with van der Waals surface area (Å²) in [6.45, 7) is 8.21. The lowest BCUT2D eigenvalue weighted by molar-refractivity contribution is 0.124. The highest BCUT2D eigenvalue weighted by Gasteiger charge is 2.29. The summed E-state index contributed by atoms with van der Waals surface area (Å²) in [6.07, 6.45) is 3.31. The number of rotatable bonds is 2. The summed E-state index contributed by atoms with van der Waals surface area (Å²) in [5.41, 5.74) is -0.0281. The molecule has 0 radical (unpaired) electrons. The number of nitrogens with zero attached hydrogens (tertiary/aromatic N) is 2. The summed E-state index contributed by atoms with van der Waals surface area (Å²) in [6, 6.07) is 0.189. The molecule has 1 heterocycles. The molecule has 0 saturated carbocycles. The number of amides is 2. The summed E-state index contributed by atoms with van der Waals surface area (Å²) >= 11 is 0. The van der Waals surface area contributed by atoms with E-state index in [-0.39, 0.29) is 11.6 Å². The maximum atomic E-state index is 12.0. The average Bonchev–Trinajstić information content (AvgIpc) is 2.68. The number of carbonyl (C=O) groups is 1. The zero-order valence-electron chi connectivity index (χ0n) is 9.84. The van der Waals surface area contributed by atoms with E-state index < -0.39 is 0 Å². The van der Waals surface area contributed by atoms with Gasteiger partial charge in [0.1, 0.15) is 0 Å². The first kappa shape index (κ1) is 11.3. The molecule has 14 heavy (non-hydrogen) atoms. The van der Waals surface area contributed by atoms with Crippen LogP contribution in [0.5, 0.6) is 0 Å². The zero-order chi connectivity index (χ0) is 10.8. The van der Waals surface area contributed by atoms with Crippen LogP contribution < -0.4 is 0 Å². The van der Waals surface area contributed by atoms with Crippen LogP contribution in [0.3, 0.4) is 0 Å². The van der Waals surface area contributed by atoms with Gasteiger partial charge in [-0.2, -0.15) is 0 Å². The van der Waals surface area contributed by atoms with E-state index >= 15 is 0 Å². The molecule has 0 aromatic heterocycles. The first-order chi connectivity index (χ1) is 6.49. The first-order valence-corrected chi connectivity index (χ1v) is 5.52. The number of hydrogen-bond donors (Lipinski definition) is 0. The predicted octanol–water partition coefficient (Wildman–Crippen LogP) is 2.32. The second-order valence-corrected chi connectivity index (χ2v) is 4.70. The normalized spacial score (nSPS) is 17.3. The summed E-state index contributed by atoms with van der Waals surface area (Å²) < 4.78 is 0. The molecule has 1 saturated heterocycles. The third kappa shape index (κ3) is 2.20. The van der Waals surface area contributed by atoms with Crippen molar-refractivity contribution >= 4 is 6.03 Å². The van der Waals surface area contributed by atoms with E-state index in [0.717, 1.165) is 32.4 Å². The molecule has 0 aromatic carbocycles. The maximum absolute atomic E-state index is 12.0. The van der Waals surface area contributed by atoms with Crippen LogP contribution in [0, 0.1) is 0 Å². The Morgan fingerprint density at radius 1 is 1.36 bits per heavy atom. The van der Waals surface area contributed by atoms with Crippen molar-refractivity contribution in [2.24, 2.45) is 0 Å². The molecule has 0 bridgehead atoms. The number of urea groups is 1. The van der Waals surface area contributed by atoms with Gasteiger partial charge in [-0.05, 0) is 33.1 Å². The Balaban J connectivity index is 2.59. The van der Waals surface area contributed by atoms with Gasteiger partial charge in [0.25, 0.3) is 0 Å². The Morgan fingerprint density at radius 3 is 2.29 bits per heavy atom. The van der Waals surface area contributed by atoms with E-state index in [2.05, 4.69) is 20.8 Å². The molecule has 1 fully saturated rings. The van der Waals surface area contributed by atoms with E-state index in [0.29, 0.717) is 0 Å². The molecule has 0 N–H and O–H groups in total. The minimum atomic E-state index is -0.0281. The van der Waals surface area contributed by atoms with Crippen molar-refractivity contribution in [2.45, 2.75) is 45.6 Å². The third-order valence-corrected chi connectivity index (χ3v) is 3.44. The van der Waals surface area contributed by atoms with Crippen molar-refractivity contribution in [3.05, 3.63) is 0 Å². The number of hydrogen-bond acceptors (Lipinski definition) is 1. The van der Waals surface area contributed by atoms with Gasteiger partial charge in [-0.15, -0.1) is 0 Å². The Hall–Kier alpha value is -0.730. The van der Waals surface area contributed by atoms with E-state index in [9.17, 15) is 4.79 Å². The maximum Gasteiger partial charge on any atom is 0.320 e. The number of likely N-dealkylation sites (tertiary alicyclic amines) is 1. The molecule has 3 nitrogen and oxygen atoms in total. The minimum Gasteiger partial charge on any atom is -0.325 e. The van der Waals surface area contributed by atoms with Crippen molar-refractivity contribution in [1.82, 2.24) is 9.80 Å². The molecule has 2 amide bonds. The Labute approximate surface area is 87.1 Å². The smallest absolute Gasteiger partial charge is 0.320 e. The summed E-state index contributed by atoms with van der Waals surface area (Å²) in [5, 5.41) is 0. The Kier molecular flexibility index (Phi) is 3.40. The van der Waals surface area contributed by atoms with Gasteiger partial charge in [0, 0.05) is 25.7 Å². The van der Waals surface area contributed by atoms with E-state index in [4.69, 9.17) is 0 Å². The van der Waals surface area contributed by atoms with E-state index in [1.807, 2.05) is 16.8 Å². The fourth-order valence-corrected chi connectivity index (χ4v) is 1.62. The lowest BCUT2D eigenvalue weighted by Gasteiger charge is -2.37. The predicted molar refractivity (Wildman–Crippen MR) is 58.3 cm³/mol. The van der Waals surface area contributed by atoms with Gasteiger partial charge in [-0.1, -0.05) is 6.92 Å². The van der Waals surface area contributed by atoms with Crippen LogP contribution >= 0.6 is 0 Å². The SMILES string of the molecule is CCC(C)(C)N(C)C(=O)N1CCCC1. The topological polar surface area (TPSA) is 23.6 Å². The fraction of sp³-hybridized carbons (Fsp3) is 0.909. The molecule has 1 aliphatic rings. The van der Waals surface area contributed by atoms with E-state index in [1.165, 1.54) is 0 Å². The molecule has 0 atom stereocenters. The van der Waals surface area contributed by atoms with Crippen LogP contribution in [0.1, 0.15) is 40.0 Å². The molecule has 3 heteroatoms. The standard InChI is InChI=1S/C11H22N2O/c1-5-11(2,3)12(4)10(14)13-8-6-7-9-13/h5-9H2,1-4H3. The van der Waals surface area contributed by atoms with Gasteiger partial charge in [0.15, 0.2) is 0 Å². The van der Waals surface area contributed by atoms with Gasteiger partial charge >= 0.3 is 6.03 Å². The van der Waals surface area contributed by atoms with Crippen LogP contribution in [-0.4, -0.2) is 41.5 Å². The summed E-state index contributed by atoms with van der Waals surface area (Å²) in [7, 11) is 1.91. The highest BCUT2D eigenvalue weighted by molar-refractivity contribution is 5.75. The molecular formula is C11H22N2O. The quantitative estimate of drug-likeness (QED) is 0.668. The monoisotopic (exact) mass is 198 g/mol. The third-order valence-electron chi connectivity index (χ3n) is 3.44. The molecular weight excluding hydrogens is 176 g/mol. The molecule has 82 valence electrons. The molecule has 0 spiro atoms. The van der Waals surface area contributed by atoms with Gasteiger partial charge in [-0.25, -0.2) is 4.79 Å². The van der Waals surface area contributed by atoms with Crippen LogP contribution in [0.2, 0.25) is 0 Å². The Bertz CT molecular complexity index is 207. The Morgan fingerprint density at radius 2 is 1.86 bits per heavy atom. The second kappa shape index (κ2) is 4.20. The average molecular weight is 198 g/mol. The van der Waals surface area contributed by atoms with Crippen LogP contribution in [0.25, 0.3) is 0 Å². The zero-order valence-corrected chi connectivity index (χ0v) is 9.84. The molecule has 1 aliphatic heterocycles. The van der Waals surface area contributed by atoms with Gasteiger partial charge in [0.2, 0.25) is 0 Å². The number of carbonyl (C=O) groups excluding carboxylic acids is 1. The van der Waals surface area contributed by atoms with Crippen molar-refractivity contribution in [3.63, 3.8) is 0 Å². The molecule has 0 unspecified atom stereocenters. The molecule has 0 aromatic rings. The van der Waals surface area contributed by atoms with Crippen molar-refractivity contribution in [1.29, 1.82) is 0 Å².